The number of aromatic nitrogens is 3. The first-order chi connectivity index (χ1) is 15.2. The lowest BCUT2D eigenvalue weighted by Gasteiger charge is -2.23. The van der Waals surface area contributed by atoms with Gasteiger partial charge in [0.2, 0.25) is 0 Å². The van der Waals surface area contributed by atoms with E-state index in [1.165, 1.54) is 22.6 Å². The van der Waals surface area contributed by atoms with Crippen molar-refractivity contribution in [2.24, 2.45) is 0 Å². The van der Waals surface area contributed by atoms with Gasteiger partial charge in [0.15, 0.2) is 0 Å². The summed E-state index contributed by atoms with van der Waals surface area (Å²) < 4.78 is 14.7. The Bertz CT molecular complexity index is 1250. The van der Waals surface area contributed by atoms with E-state index in [9.17, 15) is 9.18 Å². The summed E-state index contributed by atoms with van der Waals surface area (Å²) in [7, 11) is 0. The number of pyridine rings is 1. The van der Waals surface area contributed by atoms with Gasteiger partial charge in [-0.1, -0.05) is 18.2 Å². The van der Waals surface area contributed by atoms with Gasteiger partial charge in [-0.25, -0.2) is 9.37 Å². The third kappa shape index (κ3) is 4.29. The number of fused-ring (bicyclic) bond motifs is 3. The molecule has 0 radical (unpaired) electrons. The molecule has 0 aliphatic heterocycles. The van der Waals surface area contributed by atoms with Gasteiger partial charge in [0.1, 0.15) is 10.6 Å². The van der Waals surface area contributed by atoms with Gasteiger partial charge in [-0.15, -0.1) is 11.3 Å². The number of hydrogen-bond acceptors (Lipinski definition) is 5. The van der Waals surface area contributed by atoms with Crippen LogP contribution in [0.15, 0.2) is 59.8 Å². The topological polar surface area (TPSA) is 59.8 Å². The molecule has 5 nitrogen and oxygen atoms in total. The van der Waals surface area contributed by atoms with E-state index in [4.69, 9.17) is 0 Å². The number of nitrogens with zero attached hydrogens (tertiary/aromatic N) is 3. The molecule has 0 unspecified atom stereocenters. The normalized spacial score (nSPS) is 15.8. The second-order valence-corrected chi connectivity index (χ2v) is 9.04. The van der Waals surface area contributed by atoms with Gasteiger partial charge in [0.25, 0.3) is 5.56 Å². The summed E-state index contributed by atoms with van der Waals surface area (Å²) in [5.41, 5.74) is 3.17. The maximum absolute atomic E-state index is 13.2. The molecule has 31 heavy (non-hydrogen) atoms. The predicted octanol–water partition coefficient (Wildman–Crippen LogP) is 3.73. The van der Waals surface area contributed by atoms with Gasteiger partial charge in [-0.2, -0.15) is 0 Å². The zero-order valence-corrected chi connectivity index (χ0v) is 17.9. The second-order valence-electron chi connectivity index (χ2n) is 7.95. The van der Waals surface area contributed by atoms with Crippen molar-refractivity contribution in [3.05, 3.63) is 92.9 Å². The minimum absolute atomic E-state index is 0.0240. The summed E-state index contributed by atoms with van der Waals surface area (Å²) >= 11 is 1.64. The van der Waals surface area contributed by atoms with E-state index in [0.29, 0.717) is 12.6 Å². The van der Waals surface area contributed by atoms with Crippen molar-refractivity contribution >= 4 is 21.6 Å². The maximum Gasteiger partial charge on any atom is 0.262 e. The molecule has 0 bridgehead atoms. The SMILES string of the molecule is O=c1c2c3c(sc2ncn1Cc1ccccn1)C[C@@H](NCCc1ccc(F)cc1)CC3. The average Bonchev–Trinajstić information content (AvgIpc) is 3.16. The van der Waals surface area contributed by atoms with Crippen LogP contribution >= 0.6 is 11.3 Å². The molecule has 0 saturated heterocycles. The quantitative estimate of drug-likeness (QED) is 0.502. The van der Waals surface area contributed by atoms with E-state index in [-0.39, 0.29) is 11.4 Å². The van der Waals surface area contributed by atoms with Crippen LogP contribution in [0.5, 0.6) is 0 Å². The molecule has 7 heteroatoms. The standard InChI is InChI=1S/C24H23FN4OS/c25-17-6-4-16(5-7-17)10-12-27-18-8-9-20-21(13-18)31-23-22(20)24(30)29(15-28-23)14-19-3-1-2-11-26-19/h1-7,11,15,18,27H,8-10,12-14H2/t18-/m0/s1. The molecule has 158 valence electrons. The van der Waals surface area contributed by atoms with Crippen LogP contribution in [0.25, 0.3) is 10.2 Å². The number of benzene rings is 1. The van der Waals surface area contributed by atoms with E-state index in [1.807, 2.05) is 30.3 Å². The van der Waals surface area contributed by atoms with Gasteiger partial charge < -0.3 is 5.32 Å². The lowest BCUT2D eigenvalue weighted by molar-refractivity contribution is 0.466. The van der Waals surface area contributed by atoms with Crippen molar-refractivity contribution in [1.82, 2.24) is 19.9 Å². The Morgan fingerprint density at radius 1 is 1.16 bits per heavy atom. The summed E-state index contributed by atoms with van der Waals surface area (Å²) in [6.07, 6.45) is 7.04. The Morgan fingerprint density at radius 2 is 2.03 bits per heavy atom. The van der Waals surface area contributed by atoms with Crippen LogP contribution in [0.1, 0.15) is 28.1 Å². The molecule has 1 N–H and O–H groups in total. The van der Waals surface area contributed by atoms with Crippen LogP contribution in [0, 0.1) is 5.82 Å². The molecular formula is C24H23FN4OS. The first-order valence-electron chi connectivity index (χ1n) is 10.5. The van der Waals surface area contributed by atoms with Crippen LogP contribution < -0.4 is 10.9 Å². The molecule has 0 fully saturated rings. The number of halogens is 1. The number of rotatable bonds is 6. The minimum Gasteiger partial charge on any atom is -0.313 e. The van der Waals surface area contributed by atoms with Crippen LogP contribution in [0.3, 0.4) is 0 Å². The number of thiophene rings is 1. The highest BCUT2D eigenvalue weighted by Gasteiger charge is 2.25. The lowest BCUT2D eigenvalue weighted by atomic mass is 9.93. The third-order valence-electron chi connectivity index (χ3n) is 5.85. The zero-order valence-electron chi connectivity index (χ0n) is 17.1. The summed E-state index contributed by atoms with van der Waals surface area (Å²) in [5.74, 6) is -0.200. The fourth-order valence-electron chi connectivity index (χ4n) is 4.23. The maximum atomic E-state index is 13.2. The number of hydrogen-bond donors (Lipinski definition) is 1. The van der Waals surface area contributed by atoms with Crippen molar-refractivity contribution in [1.29, 1.82) is 0 Å². The Morgan fingerprint density at radius 3 is 2.84 bits per heavy atom. The summed E-state index contributed by atoms with van der Waals surface area (Å²) in [6, 6.07) is 12.8. The molecule has 1 atom stereocenters. The Balaban J connectivity index is 1.29. The van der Waals surface area contributed by atoms with E-state index < -0.39 is 0 Å². The first kappa shape index (κ1) is 20.0. The van der Waals surface area contributed by atoms with E-state index in [0.717, 1.165) is 53.7 Å². The zero-order chi connectivity index (χ0) is 21.2. The van der Waals surface area contributed by atoms with E-state index in [2.05, 4.69) is 15.3 Å². The molecule has 1 aromatic carbocycles. The van der Waals surface area contributed by atoms with Gasteiger partial charge in [0.05, 0.1) is 24.0 Å². The molecule has 5 rings (SSSR count). The van der Waals surface area contributed by atoms with Crippen LogP contribution in [0.2, 0.25) is 0 Å². The smallest absolute Gasteiger partial charge is 0.262 e. The van der Waals surface area contributed by atoms with Gasteiger partial charge >= 0.3 is 0 Å². The third-order valence-corrected chi connectivity index (χ3v) is 7.02. The van der Waals surface area contributed by atoms with Gasteiger partial charge in [-0.3, -0.25) is 14.3 Å². The second kappa shape index (κ2) is 8.69. The van der Waals surface area contributed by atoms with Gasteiger partial charge in [0, 0.05) is 17.1 Å². The molecule has 3 aromatic heterocycles. The molecule has 4 aromatic rings. The molecule has 3 heterocycles. The predicted molar refractivity (Wildman–Crippen MR) is 121 cm³/mol. The first-order valence-corrected chi connectivity index (χ1v) is 11.4. The van der Waals surface area contributed by atoms with Crippen LogP contribution in [-0.2, 0) is 25.8 Å². The van der Waals surface area contributed by atoms with Crippen molar-refractivity contribution in [2.45, 2.75) is 38.3 Å². The highest BCUT2D eigenvalue weighted by Crippen LogP contribution is 2.33. The molecule has 0 amide bonds. The molecule has 1 aliphatic carbocycles. The highest BCUT2D eigenvalue weighted by molar-refractivity contribution is 7.18. The average molecular weight is 435 g/mol. The van der Waals surface area contributed by atoms with Crippen molar-refractivity contribution in [3.63, 3.8) is 0 Å². The summed E-state index contributed by atoms with van der Waals surface area (Å²) in [6.45, 7) is 1.28. The summed E-state index contributed by atoms with van der Waals surface area (Å²) in [5, 5.41) is 4.41. The molecule has 1 aliphatic rings. The monoisotopic (exact) mass is 434 g/mol. The highest BCUT2D eigenvalue weighted by atomic mass is 32.1. The van der Waals surface area contributed by atoms with Gasteiger partial charge in [-0.05, 0) is 67.6 Å². The van der Waals surface area contributed by atoms with Crippen molar-refractivity contribution < 1.29 is 4.39 Å². The number of aryl methyl sites for hydroxylation is 1. The van der Waals surface area contributed by atoms with Crippen LogP contribution in [0.4, 0.5) is 4.39 Å². The largest absolute Gasteiger partial charge is 0.313 e. The molecule has 0 saturated carbocycles. The Hall–Kier alpha value is -2.90. The molecular weight excluding hydrogens is 411 g/mol. The Labute approximate surface area is 183 Å². The fraction of sp³-hybridized carbons (Fsp3) is 0.292. The summed E-state index contributed by atoms with van der Waals surface area (Å²) in [4.78, 5) is 24.2. The van der Waals surface area contributed by atoms with Crippen LogP contribution in [-0.4, -0.2) is 27.1 Å². The minimum atomic E-state index is -0.200. The fourth-order valence-corrected chi connectivity index (χ4v) is 5.48. The van der Waals surface area contributed by atoms with E-state index >= 15 is 0 Å². The van der Waals surface area contributed by atoms with Crippen molar-refractivity contribution in [3.8, 4) is 0 Å². The lowest BCUT2D eigenvalue weighted by Crippen LogP contribution is -2.35. The Kier molecular flexibility index (Phi) is 5.61. The van der Waals surface area contributed by atoms with E-state index in [1.54, 1.807) is 28.4 Å². The van der Waals surface area contributed by atoms with Crippen molar-refractivity contribution in [2.75, 3.05) is 6.54 Å². The molecule has 0 spiro atoms. The number of nitrogens with one attached hydrogen (secondary N) is 1.